The minimum absolute atomic E-state index is 0.308. The summed E-state index contributed by atoms with van der Waals surface area (Å²) in [5, 5.41) is 10.4. The minimum atomic E-state index is -4.48. The van der Waals surface area contributed by atoms with E-state index in [1.54, 1.807) is 12.1 Å². The minimum Gasteiger partial charge on any atom is -0.506 e. The lowest BCUT2D eigenvalue weighted by Crippen LogP contribution is -2.20. The highest BCUT2D eigenvalue weighted by molar-refractivity contribution is 7.86. The average molecular weight is 306 g/mol. The van der Waals surface area contributed by atoms with Gasteiger partial charge in [-0.05, 0) is 18.1 Å². The van der Waals surface area contributed by atoms with Crippen LogP contribution in [0.3, 0.4) is 0 Å². The third-order valence-corrected chi connectivity index (χ3v) is 4.79. The molecule has 4 nitrogen and oxygen atoms in total. The van der Waals surface area contributed by atoms with Gasteiger partial charge >= 0.3 is 0 Å². The van der Waals surface area contributed by atoms with Gasteiger partial charge in [-0.15, -0.1) is 0 Å². The highest BCUT2D eigenvalue weighted by Gasteiger charge is 2.30. The number of hydrogen-bond donors (Lipinski definition) is 2. The van der Waals surface area contributed by atoms with Crippen LogP contribution < -0.4 is 0 Å². The van der Waals surface area contributed by atoms with Crippen LogP contribution in [-0.4, -0.2) is 18.1 Å². The molecule has 0 unspecified atom stereocenters. The number of hydrogen-bond acceptors (Lipinski definition) is 3. The quantitative estimate of drug-likeness (QED) is 0.853. The molecule has 2 rings (SSSR count). The van der Waals surface area contributed by atoms with E-state index in [2.05, 4.69) is 0 Å². The number of aromatic hydroxyl groups is 1. The van der Waals surface area contributed by atoms with Crippen LogP contribution in [-0.2, 0) is 15.5 Å². The molecule has 0 radical (unpaired) electrons. The highest BCUT2D eigenvalue weighted by atomic mass is 32.2. The molecule has 0 aliphatic rings. The first-order valence-corrected chi connectivity index (χ1v) is 7.96. The molecular weight excluding hydrogens is 288 g/mol. The lowest BCUT2D eigenvalue weighted by molar-refractivity contribution is 0.426. The molecule has 0 aliphatic heterocycles. The molecule has 0 heterocycles. The Morgan fingerprint density at radius 2 is 1.57 bits per heavy atom. The van der Waals surface area contributed by atoms with Gasteiger partial charge in [0.2, 0.25) is 0 Å². The fourth-order valence-corrected chi connectivity index (χ4v) is 3.34. The van der Waals surface area contributed by atoms with Gasteiger partial charge in [0.25, 0.3) is 10.1 Å². The molecule has 21 heavy (non-hydrogen) atoms. The van der Waals surface area contributed by atoms with Gasteiger partial charge in [0.15, 0.2) is 0 Å². The zero-order valence-corrected chi connectivity index (χ0v) is 13.0. The fourth-order valence-electron chi connectivity index (χ4n) is 2.51. The van der Waals surface area contributed by atoms with Crippen LogP contribution in [0.25, 0.3) is 0 Å². The molecule has 2 N–H and O–H groups in total. The van der Waals surface area contributed by atoms with Crippen LogP contribution in [0.2, 0.25) is 0 Å². The monoisotopic (exact) mass is 306 g/mol. The summed E-state index contributed by atoms with van der Waals surface area (Å²) < 4.78 is 32.3. The average Bonchev–Trinajstić information content (AvgIpc) is 2.37. The molecule has 0 aromatic heterocycles. The SMILES string of the molecule is Cc1ccc(C(C)(C)c2ccccc2)c(O)c1S(=O)(=O)O. The molecule has 0 saturated heterocycles. The van der Waals surface area contributed by atoms with Crippen LogP contribution in [0.5, 0.6) is 5.75 Å². The Morgan fingerprint density at radius 1 is 1.00 bits per heavy atom. The van der Waals surface area contributed by atoms with Gasteiger partial charge in [-0.1, -0.05) is 56.3 Å². The molecule has 2 aromatic carbocycles. The lowest BCUT2D eigenvalue weighted by Gasteiger charge is -2.27. The molecule has 0 fully saturated rings. The zero-order valence-electron chi connectivity index (χ0n) is 12.2. The van der Waals surface area contributed by atoms with Gasteiger partial charge < -0.3 is 5.11 Å². The van der Waals surface area contributed by atoms with Gasteiger partial charge in [0.05, 0.1) is 0 Å². The maximum Gasteiger partial charge on any atom is 0.298 e. The van der Waals surface area contributed by atoms with Gasteiger partial charge in [-0.2, -0.15) is 8.42 Å². The topological polar surface area (TPSA) is 74.6 Å². The van der Waals surface area contributed by atoms with Gasteiger partial charge in [0.1, 0.15) is 10.6 Å². The standard InChI is InChI=1S/C16H18O4S/c1-11-9-10-13(14(17)15(11)21(18,19)20)16(2,3)12-7-5-4-6-8-12/h4-10,17H,1-3H3,(H,18,19,20). The number of rotatable bonds is 3. The zero-order chi connectivity index (χ0) is 15.8. The van der Waals surface area contributed by atoms with E-state index in [0.717, 1.165) is 5.56 Å². The van der Waals surface area contributed by atoms with Crippen molar-refractivity contribution >= 4 is 10.1 Å². The summed E-state index contributed by atoms with van der Waals surface area (Å²) in [7, 11) is -4.48. The molecule has 0 spiro atoms. The van der Waals surface area contributed by atoms with Gasteiger partial charge in [-0.25, -0.2) is 0 Å². The van der Waals surface area contributed by atoms with E-state index in [1.807, 2.05) is 44.2 Å². The maximum atomic E-state index is 11.5. The van der Waals surface area contributed by atoms with E-state index in [1.165, 1.54) is 6.92 Å². The van der Waals surface area contributed by atoms with Crippen molar-refractivity contribution in [3.8, 4) is 5.75 Å². The molecule has 2 aromatic rings. The van der Waals surface area contributed by atoms with Gasteiger partial charge in [0, 0.05) is 11.0 Å². The molecule has 112 valence electrons. The van der Waals surface area contributed by atoms with Crippen molar-refractivity contribution in [3.63, 3.8) is 0 Å². The second kappa shape index (κ2) is 5.16. The summed E-state index contributed by atoms with van der Waals surface area (Å²) in [4.78, 5) is -0.427. The van der Waals surface area contributed by atoms with Crippen LogP contribution >= 0.6 is 0 Å². The summed E-state index contributed by atoms with van der Waals surface area (Å²) in [6.45, 7) is 5.31. The summed E-state index contributed by atoms with van der Waals surface area (Å²) in [5.41, 5.74) is 1.10. The van der Waals surface area contributed by atoms with E-state index in [0.29, 0.717) is 11.1 Å². The first-order chi connectivity index (χ1) is 9.65. The summed E-state index contributed by atoms with van der Waals surface area (Å²) in [6.07, 6.45) is 0. The number of phenolic OH excluding ortho intramolecular Hbond substituents is 1. The van der Waals surface area contributed by atoms with Crippen molar-refractivity contribution in [1.82, 2.24) is 0 Å². The third-order valence-electron chi connectivity index (χ3n) is 3.76. The van der Waals surface area contributed by atoms with E-state index in [-0.39, 0.29) is 0 Å². The Hall–Kier alpha value is -1.85. The molecule has 0 saturated carbocycles. The largest absolute Gasteiger partial charge is 0.506 e. The van der Waals surface area contributed by atoms with Crippen molar-refractivity contribution < 1.29 is 18.1 Å². The summed E-state index contributed by atoms with van der Waals surface area (Å²) >= 11 is 0. The van der Waals surface area contributed by atoms with E-state index < -0.39 is 26.2 Å². The summed E-state index contributed by atoms with van der Waals surface area (Å²) in [6, 6.07) is 12.7. The normalized spacial score (nSPS) is 12.4. The van der Waals surface area contributed by atoms with Crippen LogP contribution in [0, 0.1) is 6.92 Å². The Bertz CT molecular complexity index is 762. The Kier molecular flexibility index (Phi) is 3.82. The maximum absolute atomic E-state index is 11.5. The van der Waals surface area contributed by atoms with Crippen LogP contribution in [0.1, 0.15) is 30.5 Å². The van der Waals surface area contributed by atoms with Crippen LogP contribution in [0.4, 0.5) is 0 Å². The smallest absolute Gasteiger partial charge is 0.298 e. The lowest BCUT2D eigenvalue weighted by atomic mass is 9.77. The molecule has 0 amide bonds. The second-order valence-electron chi connectivity index (χ2n) is 5.57. The van der Waals surface area contributed by atoms with Crippen molar-refractivity contribution in [2.45, 2.75) is 31.1 Å². The summed E-state index contributed by atoms with van der Waals surface area (Å²) in [5.74, 6) is -0.397. The Balaban J connectivity index is 2.72. The van der Waals surface area contributed by atoms with Crippen molar-refractivity contribution in [1.29, 1.82) is 0 Å². The molecule has 0 atom stereocenters. The van der Waals surface area contributed by atoms with E-state index in [9.17, 15) is 18.1 Å². The van der Waals surface area contributed by atoms with Gasteiger partial charge in [-0.3, -0.25) is 4.55 Å². The predicted octanol–water partition coefficient (Wildman–Crippen LogP) is 3.27. The van der Waals surface area contributed by atoms with Crippen LogP contribution in [0.15, 0.2) is 47.4 Å². The van der Waals surface area contributed by atoms with Crippen molar-refractivity contribution in [3.05, 3.63) is 59.2 Å². The Morgan fingerprint density at radius 3 is 2.10 bits per heavy atom. The highest BCUT2D eigenvalue weighted by Crippen LogP contribution is 2.40. The molecule has 5 heteroatoms. The first-order valence-electron chi connectivity index (χ1n) is 6.52. The number of benzene rings is 2. The first kappa shape index (κ1) is 15.5. The molecule has 0 aliphatic carbocycles. The van der Waals surface area contributed by atoms with Crippen molar-refractivity contribution in [2.24, 2.45) is 0 Å². The molecule has 0 bridgehead atoms. The number of phenols is 1. The van der Waals surface area contributed by atoms with E-state index in [4.69, 9.17) is 0 Å². The predicted molar refractivity (Wildman–Crippen MR) is 81.2 cm³/mol. The van der Waals surface area contributed by atoms with Crippen molar-refractivity contribution in [2.75, 3.05) is 0 Å². The second-order valence-corrected chi connectivity index (χ2v) is 6.93. The fraction of sp³-hybridized carbons (Fsp3) is 0.250. The van der Waals surface area contributed by atoms with E-state index >= 15 is 0 Å². The molecular formula is C16H18O4S. The Labute approximate surface area is 124 Å². The third kappa shape index (κ3) is 2.80. The number of aryl methyl sites for hydroxylation is 1.